The molecule has 0 aliphatic carbocycles. The van der Waals surface area contributed by atoms with Crippen molar-refractivity contribution in [3.05, 3.63) is 71.8 Å². The van der Waals surface area contributed by atoms with E-state index < -0.39 is 11.7 Å². The Morgan fingerprint density at radius 3 is 2.79 bits per heavy atom. The number of nitrogens with one attached hydrogen (secondary N) is 1. The Morgan fingerprint density at radius 1 is 1.26 bits per heavy atom. The van der Waals surface area contributed by atoms with E-state index in [0.717, 1.165) is 31.6 Å². The number of fused-ring (bicyclic) bond motifs is 1. The van der Waals surface area contributed by atoms with Gasteiger partial charge in [0.2, 0.25) is 0 Å². The summed E-state index contributed by atoms with van der Waals surface area (Å²) >= 11 is 0. The largest absolute Gasteiger partial charge is 0.454 e. The zero-order valence-corrected chi connectivity index (χ0v) is 18.7. The number of imidazole rings is 1. The molecule has 4 aromatic rings. The molecule has 1 aliphatic heterocycles. The van der Waals surface area contributed by atoms with Crippen LogP contribution in [-0.2, 0) is 0 Å². The van der Waals surface area contributed by atoms with Crippen LogP contribution in [0.2, 0.25) is 0 Å². The number of likely N-dealkylation sites (tertiary alicyclic amines) is 1. The first-order valence-corrected chi connectivity index (χ1v) is 11.1. The lowest BCUT2D eigenvalue weighted by Gasteiger charge is -2.11. The number of aromatic amines is 1. The lowest BCUT2D eigenvalue weighted by molar-refractivity contribution is 0.0994. The number of carbonyl (C=O) groups excluding carboxylic acids is 1. The molecule has 8 heteroatoms. The van der Waals surface area contributed by atoms with Crippen LogP contribution in [0.1, 0.15) is 35.3 Å². The van der Waals surface area contributed by atoms with Gasteiger partial charge in [-0.25, -0.2) is 13.9 Å². The number of carbonyl (C=O) groups is 1. The number of hydrogen-bond donors (Lipinski definition) is 2. The number of H-pyrrole nitrogens is 1. The van der Waals surface area contributed by atoms with Gasteiger partial charge in [0.15, 0.2) is 22.9 Å². The molecule has 0 bridgehead atoms. The lowest BCUT2D eigenvalue weighted by Crippen LogP contribution is -2.20. The first-order chi connectivity index (χ1) is 16.5. The van der Waals surface area contributed by atoms with Gasteiger partial charge >= 0.3 is 0 Å². The summed E-state index contributed by atoms with van der Waals surface area (Å²) in [5.74, 6) is 5.96. The van der Waals surface area contributed by atoms with Crippen molar-refractivity contribution in [3.8, 4) is 34.6 Å². The minimum atomic E-state index is -0.575. The minimum absolute atomic E-state index is 0.142. The van der Waals surface area contributed by atoms with E-state index in [0.29, 0.717) is 28.6 Å². The molecule has 0 saturated carbocycles. The molecule has 7 nitrogen and oxygen atoms in total. The predicted octanol–water partition coefficient (Wildman–Crippen LogP) is 4.17. The Hall–Kier alpha value is -4.09. The number of para-hydroxylation sites is 1. The third kappa shape index (κ3) is 4.02. The summed E-state index contributed by atoms with van der Waals surface area (Å²) in [6, 6.07) is 13.2. The second kappa shape index (κ2) is 9.04. The van der Waals surface area contributed by atoms with Crippen molar-refractivity contribution >= 4 is 11.6 Å². The molecule has 1 fully saturated rings. The van der Waals surface area contributed by atoms with Crippen LogP contribution in [0.3, 0.4) is 0 Å². The van der Waals surface area contributed by atoms with E-state index in [1.165, 1.54) is 6.07 Å². The van der Waals surface area contributed by atoms with Gasteiger partial charge in [0, 0.05) is 29.8 Å². The average Bonchev–Trinajstić information content (AvgIpc) is 3.54. The Labute approximate surface area is 196 Å². The van der Waals surface area contributed by atoms with Crippen LogP contribution >= 0.6 is 0 Å². The maximum Gasteiger partial charge on any atom is 0.269 e. The van der Waals surface area contributed by atoms with Crippen LogP contribution < -0.4 is 10.5 Å². The number of benzene rings is 2. The van der Waals surface area contributed by atoms with Crippen LogP contribution in [0.25, 0.3) is 16.9 Å². The molecule has 2 aromatic carbocycles. The third-order valence-corrected chi connectivity index (χ3v) is 6.10. The minimum Gasteiger partial charge on any atom is -0.454 e. The molecule has 2 aromatic heterocycles. The number of aromatic nitrogens is 3. The molecule has 1 unspecified atom stereocenters. The number of amides is 1. The van der Waals surface area contributed by atoms with Crippen molar-refractivity contribution in [3.63, 3.8) is 0 Å². The maximum absolute atomic E-state index is 13.9. The third-order valence-electron chi connectivity index (χ3n) is 6.10. The first-order valence-electron chi connectivity index (χ1n) is 11.1. The maximum atomic E-state index is 13.9. The van der Waals surface area contributed by atoms with Crippen LogP contribution in [0.15, 0.2) is 54.7 Å². The molecule has 1 amide bonds. The summed E-state index contributed by atoms with van der Waals surface area (Å²) < 4.78 is 21.2. The smallest absolute Gasteiger partial charge is 0.269 e. The van der Waals surface area contributed by atoms with Crippen molar-refractivity contribution in [2.24, 2.45) is 5.73 Å². The Morgan fingerprint density at radius 2 is 2.06 bits per heavy atom. The van der Waals surface area contributed by atoms with Gasteiger partial charge in [0.1, 0.15) is 11.4 Å². The number of hydrogen-bond acceptors (Lipinski definition) is 4. The normalized spacial score (nSPS) is 15.9. The monoisotopic (exact) mass is 457 g/mol. The highest BCUT2D eigenvalue weighted by molar-refractivity contribution is 5.98. The summed E-state index contributed by atoms with van der Waals surface area (Å²) in [6.45, 7) is 4.45. The highest BCUT2D eigenvalue weighted by Gasteiger charge is 2.29. The molecule has 1 aliphatic rings. The van der Waals surface area contributed by atoms with Gasteiger partial charge in [0.05, 0.1) is 6.54 Å². The summed E-state index contributed by atoms with van der Waals surface area (Å²) in [6.07, 6.45) is 2.90. The molecule has 3 N–H and O–H groups in total. The number of nitrogens with two attached hydrogens (primary N) is 1. The fourth-order valence-electron chi connectivity index (χ4n) is 4.42. The zero-order valence-electron chi connectivity index (χ0n) is 18.7. The van der Waals surface area contributed by atoms with Crippen LogP contribution in [-0.4, -0.2) is 45.0 Å². The average molecular weight is 458 g/mol. The second-order valence-electron chi connectivity index (χ2n) is 8.27. The molecular formula is C26H24FN5O2. The fraction of sp³-hybridized carbons (Fsp3) is 0.231. The van der Waals surface area contributed by atoms with Gasteiger partial charge in [-0.1, -0.05) is 18.1 Å². The molecular weight excluding hydrogens is 433 g/mol. The highest BCUT2D eigenvalue weighted by atomic mass is 19.1. The van der Waals surface area contributed by atoms with Gasteiger partial charge in [-0.2, -0.15) is 0 Å². The lowest BCUT2D eigenvalue weighted by atomic mass is 10.0. The van der Waals surface area contributed by atoms with E-state index >= 15 is 0 Å². The van der Waals surface area contributed by atoms with Crippen molar-refractivity contribution in [2.45, 2.75) is 19.3 Å². The van der Waals surface area contributed by atoms with Crippen molar-refractivity contribution in [2.75, 3.05) is 19.6 Å². The fourth-order valence-corrected chi connectivity index (χ4v) is 4.42. The summed E-state index contributed by atoms with van der Waals surface area (Å²) in [5, 5.41) is 3.15. The molecule has 1 atom stereocenters. The highest BCUT2D eigenvalue weighted by Crippen LogP contribution is 2.34. The quantitative estimate of drug-likeness (QED) is 0.425. The zero-order chi connectivity index (χ0) is 23.7. The van der Waals surface area contributed by atoms with Crippen LogP contribution in [0.4, 0.5) is 4.39 Å². The first kappa shape index (κ1) is 21.7. The molecule has 172 valence electrons. The number of nitrogens with zero attached hydrogens (tertiary/aromatic N) is 3. The molecule has 3 heterocycles. The molecule has 0 radical (unpaired) electrons. The molecule has 34 heavy (non-hydrogen) atoms. The number of rotatable bonds is 6. The summed E-state index contributed by atoms with van der Waals surface area (Å²) in [7, 11) is 0. The van der Waals surface area contributed by atoms with Crippen molar-refractivity contribution in [1.29, 1.82) is 0 Å². The van der Waals surface area contributed by atoms with E-state index in [-0.39, 0.29) is 11.4 Å². The van der Waals surface area contributed by atoms with Gasteiger partial charge in [-0.15, -0.1) is 5.92 Å². The standard InChI is InChI=1S/C26H24FN5O2/c1-2-3-13-31-14-12-18(16-31)20-15-29-32-24(25(28)33)23(30-26(20)32)17-8-10-19(11-9-17)34-22-7-5-4-6-21(22)27/h4-11,15,18,29H,12-14,16H2,1H3,(H2,28,33). The molecule has 0 spiro atoms. The SMILES string of the molecule is CC#CCN1CCC(c2c[nH]n3c(C(N)=O)c(-c4ccc(Oc5ccccc5F)cc4)nc23)C1. The van der Waals surface area contributed by atoms with Crippen LogP contribution in [0, 0.1) is 17.7 Å². The Balaban J connectivity index is 1.45. The van der Waals surface area contributed by atoms with E-state index in [1.807, 2.05) is 13.1 Å². The summed E-state index contributed by atoms with van der Waals surface area (Å²) in [5.41, 5.74) is 8.99. The Bertz CT molecular complexity index is 1410. The number of ether oxygens (including phenoxy) is 1. The van der Waals surface area contributed by atoms with Gasteiger partial charge in [0.25, 0.3) is 5.91 Å². The Kier molecular flexibility index (Phi) is 5.78. The van der Waals surface area contributed by atoms with Gasteiger partial charge < -0.3 is 10.5 Å². The van der Waals surface area contributed by atoms with E-state index in [9.17, 15) is 9.18 Å². The van der Waals surface area contributed by atoms with Crippen molar-refractivity contribution in [1.82, 2.24) is 19.5 Å². The predicted molar refractivity (Wildman–Crippen MR) is 127 cm³/mol. The topological polar surface area (TPSA) is 88.7 Å². The van der Waals surface area contributed by atoms with Crippen molar-refractivity contribution < 1.29 is 13.9 Å². The van der Waals surface area contributed by atoms with E-state index in [1.54, 1.807) is 47.0 Å². The van der Waals surface area contributed by atoms with E-state index in [4.69, 9.17) is 15.5 Å². The second-order valence-corrected chi connectivity index (χ2v) is 8.27. The number of primary amides is 1. The van der Waals surface area contributed by atoms with Gasteiger partial charge in [-0.3, -0.25) is 14.8 Å². The number of halogens is 1. The summed E-state index contributed by atoms with van der Waals surface area (Å²) in [4.78, 5) is 19.5. The van der Waals surface area contributed by atoms with Crippen LogP contribution in [0.5, 0.6) is 11.5 Å². The van der Waals surface area contributed by atoms with E-state index in [2.05, 4.69) is 21.8 Å². The molecule has 1 saturated heterocycles. The molecule has 5 rings (SSSR count). The van der Waals surface area contributed by atoms with Gasteiger partial charge in [-0.05, 0) is 56.3 Å².